The Morgan fingerprint density at radius 3 is 2.56 bits per heavy atom. The molecular formula is C20H24F3NO. The van der Waals surface area contributed by atoms with Crippen molar-refractivity contribution in [2.24, 2.45) is 11.8 Å². The summed E-state index contributed by atoms with van der Waals surface area (Å²) in [6.45, 7) is 3.64. The van der Waals surface area contributed by atoms with Gasteiger partial charge in [-0.2, -0.15) is 5.26 Å². The Kier molecular flexibility index (Phi) is 7.52. The summed E-state index contributed by atoms with van der Waals surface area (Å²) in [7, 11) is 0. The van der Waals surface area contributed by atoms with E-state index in [2.05, 4.69) is 6.58 Å². The molecular weight excluding hydrogens is 327 g/mol. The van der Waals surface area contributed by atoms with E-state index in [4.69, 9.17) is 10.00 Å². The van der Waals surface area contributed by atoms with Crippen LogP contribution in [0, 0.1) is 29.0 Å². The molecule has 1 saturated carbocycles. The third-order valence-electron chi connectivity index (χ3n) is 4.98. The minimum absolute atomic E-state index is 0.0630. The van der Waals surface area contributed by atoms with Crippen molar-refractivity contribution in [2.45, 2.75) is 57.7 Å². The zero-order valence-electron chi connectivity index (χ0n) is 14.3. The van der Waals surface area contributed by atoms with Gasteiger partial charge in [0.05, 0.1) is 12.2 Å². The van der Waals surface area contributed by atoms with Gasteiger partial charge >= 0.3 is 0 Å². The van der Waals surface area contributed by atoms with E-state index in [0.29, 0.717) is 11.5 Å². The number of hydrogen-bond donors (Lipinski definition) is 0. The third-order valence-corrected chi connectivity index (χ3v) is 4.98. The van der Waals surface area contributed by atoms with Gasteiger partial charge in [-0.25, -0.2) is 13.2 Å². The van der Waals surface area contributed by atoms with Crippen LogP contribution in [0.2, 0.25) is 0 Å². The number of ether oxygens (including phenoxy) is 1. The molecule has 136 valence electrons. The van der Waals surface area contributed by atoms with Crippen molar-refractivity contribution in [3.63, 3.8) is 0 Å². The summed E-state index contributed by atoms with van der Waals surface area (Å²) < 4.78 is 45.9. The summed E-state index contributed by atoms with van der Waals surface area (Å²) in [5.41, 5.74) is 0.397. The van der Waals surface area contributed by atoms with Gasteiger partial charge in [0, 0.05) is 0 Å². The molecule has 0 heterocycles. The molecule has 0 amide bonds. The molecule has 0 aliphatic heterocycles. The summed E-state index contributed by atoms with van der Waals surface area (Å²) >= 11 is 0. The smallest absolute Gasteiger partial charge is 0.264 e. The van der Waals surface area contributed by atoms with Crippen LogP contribution in [-0.4, -0.2) is 12.5 Å². The maximum absolute atomic E-state index is 13.6. The molecule has 2 rings (SSSR count). The van der Waals surface area contributed by atoms with Crippen LogP contribution in [0.5, 0.6) is 0 Å². The van der Waals surface area contributed by atoms with Gasteiger partial charge in [-0.05, 0) is 55.2 Å². The van der Waals surface area contributed by atoms with E-state index in [9.17, 15) is 13.2 Å². The molecule has 0 aromatic heterocycles. The van der Waals surface area contributed by atoms with E-state index in [1.165, 1.54) is 18.2 Å². The van der Waals surface area contributed by atoms with E-state index >= 15 is 0 Å². The first kappa shape index (κ1) is 19.5. The largest absolute Gasteiger partial charge is 0.367 e. The van der Waals surface area contributed by atoms with E-state index in [1.54, 1.807) is 6.07 Å². The Morgan fingerprint density at radius 2 is 2.00 bits per heavy atom. The normalized spacial score (nSPS) is 21.7. The van der Waals surface area contributed by atoms with Crippen LogP contribution >= 0.6 is 0 Å². The van der Waals surface area contributed by atoms with E-state index < -0.39 is 18.3 Å². The van der Waals surface area contributed by atoms with Crippen LogP contribution in [-0.2, 0) is 11.3 Å². The lowest BCUT2D eigenvalue weighted by molar-refractivity contribution is -0.102. The molecule has 0 saturated heterocycles. The standard InChI is InChI=1S/C20H24F3NO/c1-2-3-4-14-5-8-16(9-6-14)19(20(22)23)25-13-15-7-10-17(12-24)18(21)11-15/h2,7,10-11,14,16,19-20H,1,3-6,8-9,13H2. The van der Waals surface area contributed by atoms with E-state index in [1.807, 2.05) is 6.08 Å². The van der Waals surface area contributed by atoms with Crippen LogP contribution < -0.4 is 0 Å². The second-order valence-electron chi connectivity index (χ2n) is 6.68. The predicted molar refractivity (Wildman–Crippen MR) is 90.6 cm³/mol. The summed E-state index contributed by atoms with van der Waals surface area (Å²) in [5.74, 6) is -0.233. The molecule has 1 aromatic rings. The fraction of sp³-hybridized carbons (Fsp3) is 0.550. The molecule has 1 aliphatic carbocycles. The fourth-order valence-corrected chi connectivity index (χ4v) is 3.51. The number of allylic oxidation sites excluding steroid dienone is 1. The summed E-state index contributed by atoms with van der Waals surface area (Å²) in [4.78, 5) is 0. The molecule has 2 nitrogen and oxygen atoms in total. The van der Waals surface area contributed by atoms with Gasteiger partial charge in [0.1, 0.15) is 18.0 Å². The zero-order valence-corrected chi connectivity index (χ0v) is 14.3. The van der Waals surface area contributed by atoms with E-state index in [-0.39, 0.29) is 18.1 Å². The number of nitrogens with zero attached hydrogens (tertiary/aromatic N) is 1. The van der Waals surface area contributed by atoms with Crippen LogP contribution in [0.15, 0.2) is 30.9 Å². The maximum atomic E-state index is 13.6. The maximum Gasteiger partial charge on any atom is 0.264 e. The molecule has 0 N–H and O–H groups in total. The topological polar surface area (TPSA) is 33.0 Å². The molecule has 5 heteroatoms. The average molecular weight is 351 g/mol. The molecule has 0 radical (unpaired) electrons. The second-order valence-corrected chi connectivity index (χ2v) is 6.68. The Bertz CT molecular complexity index is 603. The molecule has 1 atom stereocenters. The van der Waals surface area contributed by atoms with Crippen molar-refractivity contribution >= 4 is 0 Å². The summed E-state index contributed by atoms with van der Waals surface area (Å²) in [5, 5.41) is 8.72. The Labute approximate surface area is 147 Å². The lowest BCUT2D eigenvalue weighted by atomic mass is 9.77. The predicted octanol–water partition coefficient (Wildman–Crippen LogP) is 5.62. The van der Waals surface area contributed by atoms with Gasteiger partial charge in [-0.3, -0.25) is 0 Å². The number of halogens is 3. The third kappa shape index (κ3) is 5.61. The SMILES string of the molecule is C=CCCC1CCC(C(OCc2ccc(C#N)c(F)c2)C(F)F)CC1. The zero-order chi connectivity index (χ0) is 18.2. The van der Waals surface area contributed by atoms with Gasteiger partial charge in [-0.15, -0.1) is 6.58 Å². The van der Waals surface area contributed by atoms with Crippen LogP contribution in [0.25, 0.3) is 0 Å². The Balaban J connectivity index is 1.90. The van der Waals surface area contributed by atoms with Crippen molar-refractivity contribution < 1.29 is 17.9 Å². The van der Waals surface area contributed by atoms with Gasteiger partial charge in [0.2, 0.25) is 0 Å². The lowest BCUT2D eigenvalue weighted by Crippen LogP contribution is -2.34. The number of alkyl halides is 2. The molecule has 25 heavy (non-hydrogen) atoms. The average Bonchev–Trinajstić information content (AvgIpc) is 2.61. The molecule has 0 spiro atoms. The van der Waals surface area contributed by atoms with Gasteiger partial charge in [0.25, 0.3) is 6.43 Å². The van der Waals surface area contributed by atoms with Gasteiger partial charge in [0.15, 0.2) is 0 Å². The van der Waals surface area contributed by atoms with Crippen LogP contribution in [0.3, 0.4) is 0 Å². The Morgan fingerprint density at radius 1 is 1.28 bits per heavy atom. The minimum atomic E-state index is -2.56. The monoisotopic (exact) mass is 351 g/mol. The second kappa shape index (κ2) is 9.62. The van der Waals surface area contributed by atoms with Crippen molar-refractivity contribution in [1.82, 2.24) is 0 Å². The number of benzene rings is 1. The van der Waals surface area contributed by atoms with Crippen molar-refractivity contribution in [3.05, 3.63) is 47.8 Å². The highest BCUT2D eigenvalue weighted by Crippen LogP contribution is 2.36. The van der Waals surface area contributed by atoms with Gasteiger partial charge in [-0.1, -0.05) is 25.0 Å². The molecule has 1 fully saturated rings. The Hall–Kier alpha value is -1.80. The molecule has 1 aromatic carbocycles. The van der Waals surface area contributed by atoms with E-state index in [0.717, 1.165) is 38.5 Å². The van der Waals surface area contributed by atoms with Crippen molar-refractivity contribution in [3.8, 4) is 6.07 Å². The summed E-state index contributed by atoms with van der Waals surface area (Å²) in [6.07, 6.45) is 3.60. The fourth-order valence-electron chi connectivity index (χ4n) is 3.51. The number of hydrogen-bond acceptors (Lipinski definition) is 2. The molecule has 0 bridgehead atoms. The summed E-state index contributed by atoms with van der Waals surface area (Å²) in [6, 6.07) is 5.79. The van der Waals surface area contributed by atoms with Gasteiger partial charge < -0.3 is 4.74 Å². The molecule has 1 unspecified atom stereocenters. The molecule has 1 aliphatic rings. The highest BCUT2D eigenvalue weighted by Gasteiger charge is 2.33. The lowest BCUT2D eigenvalue weighted by Gasteiger charge is -2.33. The first-order chi connectivity index (χ1) is 12.0. The van der Waals surface area contributed by atoms with Crippen LogP contribution in [0.1, 0.15) is 49.7 Å². The first-order valence-corrected chi connectivity index (χ1v) is 8.74. The van der Waals surface area contributed by atoms with Crippen LogP contribution in [0.4, 0.5) is 13.2 Å². The van der Waals surface area contributed by atoms with Crippen molar-refractivity contribution in [2.75, 3.05) is 0 Å². The minimum Gasteiger partial charge on any atom is -0.367 e. The number of rotatable bonds is 8. The highest BCUT2D eigenvalue weighted by molar-refractivity contribution is 5.33. The first-order valence-electron chi connectivity index (χ1n) is 8.74. The van der Waals surface area contributed by atoms with Crippen molar-refractivity contribution in [1.29, 1.82) is 5.26 Å². The quantitative estimate of drug-likeness (QED) is 0.570. The number of nitriles is 1. The highest BCUT2D eigenvalue weighted by atomic mass is 19.3.